The summed E-state index contributed by atoms with van der Waals surface area (Å²) in [4.78, 5) is 22.8. The SMILES string of the molecule is CCCCN1CC(N2CCN(c3cccc4c3OCCO4)CC2)N(C2CCCCC2)C1=O. The number of anilines is 1. The lowest BCUT2D eigenvalue weighted by atomic mass is 9.94. The number of piperazine rings is 1. The number of hydrogen-bond donors (Lipinski definition) is 0. The molecule has 0 spiro atoms. The Morgan fingerprint density at radius 3 is 2.56 bits per heavy atom. The molecule has 1 aromatic carbocycles. The van der Waals surface area contributed by atoms with Gasteiger partial charge in [-0.1, -0.05) is 38.7 Å². The van der Waals surface area contributed by atoms with Crippen LogP contribution in [-0.4, -0.2) is 85.4 Å². The molecule has 2 saturated heterocycles. The van der Waals surface area contributed by atoms with E-state index < -0.39 is 0 Å². The topological polar surface area (TPSA) is 48.5 Å². The lowest BCUT2D eigenvalue weighted by Crippen LogP contribution is -2.57. The maximum atomic E-state index is 13.4. The van der Waals surface area contributed by atoms with E-state index in [-0.39, 0.29) is 12.2 Å². The zero-order chi connectivity index (χ0) is 21.9. The number of rotatable bonds is 6. The standard InChI is InChI=1S/C25H38N4O3/c1-2-3-12-28-19-23(29(25(28)30)20-8-5-4-6-9-20)27-15-13-26(14-16-27)21-10-7-11-22-24(21)32-18-17-31-22/h7,10-11,20,23H,2-6,8-9,12-19H2,1H3. The first-order chi connectivity index (χ1) is 15.8. The van der Waals surface area contributed by atoms with E-state index >= 15 is 0 Å². The highest BCUT2D eigenvalue weighted by Crippen LogP contribution is 2.40. The molecule has 0 bridgehead atoms. The monoisotopic (exact) mass is 442 g/mol. The van der Waals surface area contributed by atoms with E-state index in [0.717, 1.165) is 82.1 Å². The molecule has 32 heavy (non-hydrogen) atoms. The van der Waals surface area contributed by atoms with Crippen molar-refractivity contribution in [3.05, 3.63) is 18.2 Å². The first-order valence-electron chi connectivity index (χ1n) is 12.7. The summed E-state index contributed by atoms with van der Waals surface area (Å²) in [6.07, 6.45) is 8.59. The third-order valence-corrected chi connectivity index (χ3v) is 7.57. The van der Waals surface area contributed by atoms with Gasteiger partial charge in [-0.2, -0.15) is 0 Å². The minimum absolute atomic E-state index is 0.217. The smallest absolute Gasteiger partial charge is 0.321 e. The van der Waals surface area contributed by atoms with Crippen LogP contribution in [0.3, 0.4) is 0 Å². The second kappa shape index (κ2) is 9.77. The molecule has 1 saturated carbocycles. The lowest BCUT2D eigenvalue weighted by Gasteiger charge is -2.44. The van der Waals surface area contributed by atoms with Gasteiger partial charge in [0.2, 0.25) is 0 Å². The molecule has 0 radical (unpaired) electrons. The molecule has 1 unspecified atom stereocenters. The largest absolute Gasteiger partial charge is 0.486 e. The van der Waals surface area contributed by atoms with Crippen molar-refractivity contribution < 1.29 is 14.3 Å². The van der Waals surface area contributed by atoms with Gasteiger partial charge in [-0.05, 0) is 31.4 Å². The second-order valence-corrected chi connectivity index (χ2v) is 9.59. The predicted molar refractivity (Wildman–Crippen MR) is 126 cm³/mol. The Morgan fingerprint density at radius 2 is 1.78 bits per heavy atom. The van der Waals surface area contributed by atoms with E-state index in [1.54, 1.807) is 0 Å². The highest BCUT2D eigenvalue weighted by Gasteiger charge is 2.44. The summed E-state index contributed by atoms with van der Waals surface area (Å²) in [5.41, 5.74) is 1.14. The van der Waals surface area contributed by atoms with Crippen LogP contribution in [0.5, 0.6) is 11.5 Å². The maximum absolute atomic E-state index is 13.4. The molecular formula is C25H38N4O3. The third-order valence-electron chi connectivity index (χ3n) is 7.57. The Balaban J connectivity index is 1.28. The quantitative estimate of drug-likeness (QED) is 0.671. The number of amides is 2. The Bertz CT molecular complexity index is 789. The van der Waals surface area contributed by atoms with Crippen LogP contribution in [-0.2, 0) is 0 Å². The Hall–Kier alpha value is -2.15. The van der Waals surface area contributed by atoms with E-state index in [9.17, 15) is 4.79 Å². The summed E-state index contributed by atoms with van der Waals surface area (Å²) in [6.45, 7) is 8.99. The number of carbonyl (C=O) groups is 1. The first kappa shape index (κ1) is 21.7. The number of urea groups is 1. The molecule has 5 rings (SSSR count). The fraction of sp³-hybridized carbons (Fsp3) is 0.720. The second-order valence-electron chi connectivity index (χ2n) is 9.59. The van der Waals surface area contributed by atoms with Crippen molar-refractivity contribution in [2.24, 2.45) is 0 Å². The molecule has 3 heterocycles. The average molecular weight is 443 g/mol. The zero-order valence-corrected chi connectivity index (χ0v) is 19.5. The van der Waals surface area contributed by atoms with Crippen LogP contribution in [0.4, 0.5) is 10.5 Å². The van der Waals surface area contributed by atoms with E-state index in [0.29, 0.717) is 19.3 Å². The summed E-state index contributed by atoms with van der Waals surface area (Å²) in [7, 11) is 0. The van der Waals surface area contributed by atoms with Gasteiger partial charge in [-0.25, -0.2) is 4.79 Å². The van der Waals surface area contributed by atoms with E-state index in [4.69, 9.17) is 9.47 Å². The molecule has 0 aromatic heterocycles. The van der Waals surface area contributed by atoms with Crippen molar-refractivity contribution in [2.45, 2.75) is 64.1 Å². The summed E-state index contributed by atoms with van der Waals surface area (Å²) in [6, 6.07) is 6.88. The van der Waals surface area contributed by atoms with Crippen molar-refractivity contribution in [3.8, 4) is 11.5 Å². The Morgan fingerprint density at radius 1 is 1.00 bits per heavy atom. The first-order valence-corrected chi connectivity index (χ1v) is 12.7. The van der Waals surface area contributed by atoms with Crippen molar-refractivity contribution in [3.63, 3.8) is 0 Å². The molecule has 3 aliphatic heterocycles. The molecule has 1 atom stereocenters. The van der Waals surface area contributed by atoms with Gasteiger partial charge in [0.15, 0.2) is 11.5 Å². The van der Waals surface area contributed by atoms with Crippen molar-refractivity contribution in [2.75, 3.05) is 57.4 Å². The van der Waals surface area contributed by atoms with Crippen LogP contribution >= 0.6 is 0 Å². The molecule has 1 aromatic rings. The normalized spacial score (nSPS) is 25.0. The number of fused-ring (bicyclic) bond motifs is 1. The van der Waals surface area contributed by atoms with Crippen LogP contribution in [0, 0.1) is 0 Å². The third kappa shape index (κ3) is 4.24. The summed E-state index contributed by atoms with van der Waals surface area (Å²) < 4.78 is 11.7. The molecule has 4 aliphatic rings. The number of nitrogens with zero attached hydrogens (tertiary/aromatic N) is 4. The Kier molecular flexibility index (Phi) is 6.62. The van der Waals surface area contributed by atoms with Gasteiger partial charge in [-0.15, -0.1) is 0 Å². The minimum Gasteiger partial charge on any atom is -0.486 e. The molecule has 1 aliphatic carbocycles. The highest BCUT2D eigenvalue weighted by atomic mass is 16.6. The van der Waals surface area contributed by atoms with Gasteiger partial charge in [0.05, 0.1) is 12.2 Å². The van der Waals surface area contributed by atoms with Gasteiger partial charge >= 0.3 is 6.03 Å². The van der Waals surface area contributed by atoms with Gasteiger partial charge in [0.25, 0.3) is 0 Å². The minimum atomic E-state index is 0.217. The molecule has 176 valence electrons. The number of para-hydroxylation sites is 1. The van der Waals surface area contributed by atoms with Crippen molar-refractivity contribution >= 4 is 11.7 Å². The van der Waals surface area contributed by atoms with E-state index in [1.165, 1.54) is 19.3 Å². The Labute approximate surface area is 192 Å². The van der Waals surface area contributed by atoms with Gasteiger partial charge in [0.1, 0.15) is 19.4 Å². The van der Waals surface area contributed by atoms with Crippen LogP contribution in [0.2, 0.25) is 0 Å². The van der Waals surface area contributed by atoms with Crippen LogP contribution in [0.15, 0.2) is 18.2 Å². The molecule has 3 fully saturated rings. The van der Waals surface area contributed by atoms with Crippen molar-refractivity contribution in [1.29, 1.82) is 0 Å². The fourth-order valence-corrected chi connectivity index (χ4v) is 5.81. The lowest BCUT2D eigenvalue weighted by molar-refractivity contribution is 0.0539. The molecule has 7 nitrogen and oxygen atoms in total. The highest BCUT2D eigenvalue weighted by molar-refractivity contribution is 5.77. The number of benzene rings is 1. The summed E-state index contributed by atoms with van der Waals surface area (Å²) in [5.74, 6) is 1.74. The van der Waals surface area contributed by atoms with Crippen LogP contribution in [0.1, 0.15) is 51.9 Å². The molecule has 0 N–H and O–H groups in total. The molecule has 7 heteroatoms. The average Bonchev–Trinajstić information content (AvgIpc) is 3.19. The van der Waals surface area contributed by atoms with Gasteiger partial charge in [0, 0.05) is 38.8 Å². The number of carbonyl (C=O) groups excluding carboxylic acids is 1. The van der Waals surface area contributed by atoms with Crippen molar-refractivity contribution in [1.82, 2.24) is 14.7 Å². The van der Waals surface area contributed by atoms with Crippen LogP contribution < -0.4 is 14.4 Å². The summed E-state index contributed by atoms with van der Waals surface area (Å²) >= 11 is 0. The van der Waals surface area contributed by atoms with Gasteiger partial charge < -0.3 is 24.2 Å². The molecular weight excluding hydrogens is 404 g/mol. The van der Waals surface area contributed by atoms with E-state index in [1.807, 2.05) is 6.07 Å². The number of unbranched alkanes of at least 4 members (excludes halogenated alkanes) is 1. The fourth-order valence-electron chi connectivity index (χ4n) is 5.81. The van der Waals surface area contributed by atoms with E-state index in [2.05, 4.69) is 38.7 Å². The predicted octanol–water partition coefficient (Wildman–Crippen LogP) is 3.78. The number of hydrogen-bond acceptors (Lipinski definition) is 5. The number of ether oxygens (including phenoxy) is 2. The summed E-state index contributed by atoms with van der Waals surface area (Å²) in [5, 5.41) is 0. The van der Waals surface area contributed by atoms with Crippen LogP contribution in [0.25, 0.3) is 0 Å². The maximum Gasteiger partial charge on any atom is 0.321 e. The molecule has 2 amide bonds. The van der Waals surface area contributed by atoms with Gasteiger partial charge in [-0.3, -0.25) is 4.90 Å². The zero-order valence-electron chi connectivity index (χ0n) is 19.5.